The number of esters is 3. The second-order valence-corrected chi connectivity index (χ2v) is 9.59. The lowest BCUT2D eigenvalue weighted by atomic mass is 9.89. The van der Waals surface area contributed by atoms with Gasteiger partial charge in [-0.25, -0.2) is 14.4 Å². The molecule has 2 rings (SSSR count). The van der Waals surface area contributed by atoms with Gasteiger partial charge >= 0.3 is 23.2 Å². The van der Waals surface area contributed by atoms with E-state index in [9.17, 15) is 28.3 Å². The zero-order valence-electron chi connectivity index (χ0n) is 21.8. The molecule has 0 saturated carbocycles. The van der Waals surface area contributed by atoms with E-state index in [4.69, 9.17) is 9.47 Å². The average Bonchev–Trinajstić information content (AvgIpc) is 2.87. The Kier molecular flexibility index (Phi) is 10.5. The van der Waals surface area contributed by atoms with Crippen LogP contribution in [0.4, 0.5) is 8.78 Å². The van der Waals surface area contributed by atoms with Crippen molar-refractivity contribution in [2.75, 3.05) is 6.61 Å². The number of phenolic OH excluding ortho intramolecular Hbond substituents is 1. The number of aryl methyl sites for hydroxylation is 2. The van der Waals surface area contributed by atoms with E-state index >= 15 is 0 Å². The Morgan fingerprint density at radius 3 is 2.00 bits per heavy atom. The molecule has 7 nitrogen and oxygen atoms in total. The molecule has 0 saturated heterocycles. The highest BCUT2D eigenvalue weighted by Gasteiger charge is 2.37. The molecule has 0 unspecified atom stereocenters. The summed E-state index contributed by atoms with van der Waals surface area (Å²) in [7, 11) is 0. The molecule has 1 N–H and O–H groups in total. The minimum absolute atomic E-state index is 0.00593. The molecule has 0 atom stereocenters. The first kappa shape index (κ1) is 30.8. The summed E-state index contributed by atoms with van der Waals surface area (Å²) in [4.78, 5) is 37.4. The van der Waals surface area contributed by atoms with Crippen molar-refractivity contribution >= 4 is 30.5 Å². The first-order valence-electron chi connectivity index (χ1n) is 12.0. The lowest BCUT2D eigenvalue weighted by molar-refractivity contribution is -0.159. The maximum atomic E-state index is 13.2. The van der Waals surface area contributed by atoms with Crippen LogP contribution in [-0.4, -0.2) is 40.5 Å². The highest BCUT2D eigenvalue weighted by atomic mass is 32.1. The minimum Gasteiger partial charge on any atom is -0.507 e. The molecule has 0 aliphatic carbocycles. The number of hydrogen-bond donors (Lipinski definition) is 2. The topological polar surface area (TPSA) is 99.1 Å². The zero-order valence-corrected chi connectivity index (χ0v) is 22.7. The third-order valence-corrected chi connectivity index (χ3v) is 6.29. The zero-order chi connectivity index (χ0) is 28.7. The first-order chi connectivity index (χ1) is 17.7. The van der Waals surface area contributed by atoms with Crippen LogP contribution in [0.2, 0.25) is 0 Å². The van der Waals surface area contributed by atoms with Crippen LogP contribution in [0.25, 0.3) is 0 Å². The number of phenols is 1. The summed E-state index contributed by atoms with van der Waals surface area (Å²) in [5.41, 5.74) is 1.15. The molecule has 0 amide bonds. The van der Waals surface area contributed by atoms with Crippen LogP contribution in [0.5, 0.6) is 5.75 Å². The molecule has 2 aromatic rings. The number of aromatic hydroxyl groups is 1. The average molecular weight is 551 g/mol. The van der Waals surface area contributed by atoms with Crippen LogP contribution in [0.3, 0.4) is 0 Å². The van der Waals surface area contributed by atoms with Crippen LogP contribution in [-0.2, 0) is 25.6 Å². The summed E-state index contributed by atoms with van der Waals surface area (Å²) in [5, 5.41) is 6.01. The van der Waals surface area contributed by atoms with Gasteiger partial charge in [-0.2, -0.15) is 8.78 Å². The molecule has 0 spiro atoms. The fourth-order valence-corrected chi connectivity index (χ4v) is 3.95. The van der Waals surface area contributed by atoms with E-state index in [2.05, 4.69) is 23.9 Å². The summed E-state index contributed by atoms with van der Waals surface area (Å²) in [6.45, 7) is 10.2. The summed E-state index contributed by atoms with van der Waals surface area (Å²) in [6, 6.07) is 9.46. The van der Waals surface area contributed by atoms with Gasteiger partial charge in [0.15, 0.2) is 0 Å². The van der Waals surface area contributed by atoms with Crippen molar-refractivity contribution in [2.24, 2.45) is 0 Å². The molecule has 0 heterocycles. The lowest BCUT2D eigenvalue weighted by Crippen LogP contribution is -2.35. The maximum Gasteiger partial charge on any atom is 0.388 e. The van der Waals surface area contributed by atoms with E-state index in [0.717, 1.165) is 0 Å². The van der Waals surface area contributed by atoms with Crippen molar-refractivity contribution in [3.8, 4) is 5.75 Å². The second kappa shape index (κ2) is 12.9. The Balaban J connectivity index is 2.15. The number of benzene rings is 2. The molecule has 0 fully saturated rings. The number of carbonyl (C=O) groups excluding carboxylic acids is 3. The SMILES string of the molecule is C=C(COC(=O)C(F)(F)S)CC(CC)(CC)OC(=O)c1ccccc1C(=O)OCc1cc(C)c(O)c(C)c1. The van der Waals surface area contributed by atoms with Gasteiger partial charge in [0, 0.05) is 6.42 Å². The summed E-state index contributed by atoms with van der Waals surface area (Å²) in [6.07, 6.45) is 0.734. The Hall–Kier alpha value is -3.40. The normalized spacial score (nSPS) is 11.6. The molecule has 0 aliphatic rings. The van der Waals surface area contributed by atoms with Crippen LogP contribution in [0.15, 0.2) is 48.6 Å². The van der Waals surface area contributed by atoms with E-state index in [-0.39, 0.29) is 35.5 Å². The lowest BCUT2D eigenvalue weighted by Gasteiger charge is -2.32. The van der Waals surface area contributed by atoms with Crippen molar-refractivity contribution in [1.29, 1.82) is 0 Å². The Morgan fingerprint density at radius 1 is 0.974 bits per heavy atom. The number of halogens is 2. The molecule has 0 aromatic heterocycles. The number of thiol groups is 1. The quantitative estimate of drug-likeness (QED) is 0.143. The van der Waals surface area contributed by atoms with E-state index in [1.165, 1.54) is 12.1 Å². The number of rotatable bonds is 12. The molecule has 206 valence electrons. The van der Waals surface area contributed by atoms with Gasteiger partial charge in [0.25, 0.3) is 0 Å². The predicted molar refractivity (Wildman–Crippen MR) is 141 cm³/mol. The molecule has 0 bridgehead atoms. The van der Waals surface area contributed by atoms with Crippen LogP contribution in [0.1, 0.15) is 70.5 Å². The Morgan fingerprint density at radius 2 is 1.50 bits per heavy atom. The molecule has 0 radical (unpaired) electrons. The van der Waals surface area contributed by atoms with Crippen molar-refractivity contribution in [1.82, 2.24) is 0 Å². The van der Waals surface area contributed by atoms with Crippen molar-refractivity contribution in [2.45, 2.75) is 64.4 Å². The van der Waals surface area contributed by atoms with E-state index < -0.39 is 35.4 Å². The summed E-state index contributed by atoms with van der Waals surface area (Å²) in [5.74, 6) is -3.14. The molecular formula is C28H32F2O7S. The fraction of sp³-hybridized carbons (Fsp3) is 0.393. The largest absolute Gasteiger partial charge is 0.507 e. The standard InChI is InChI=1S/C28H32F2O7S/c1-6-27(7-2,14-17(3)15-36-26(34)28(29,30)38)37-25(33)22-11-9-8-10-21(22)24(32)35-16-20-12-18(4)23(31)19(5)13-20/h8-13,31,38H,3,6-7,14-16H2,1-2,4-5H3. The summed E-state index contributed by atoms with van der Waals surface area (Å²) < 4.78 is 41.7. The van der Waals surface area contributed by atoms with Crippen LogP contribution in [0, 0.1) is 13.8 Å². The smallest absolute Gasteiger partial charge is 0.388 e. The van der Waals surface area contributed by atoms with Crippen LogP contribution < -0.4 is 0 Å². The predicted octanol–water partition coefficient (Wildman–Crippen LogP) is 6.09. The van der Waals surface area contributed by atoms with Gasteiger partial charge < -0.3 is 19.3 Å². The second-order valence-electron chi connectivity index (χ2n) is 9.02. The van der Waals surface area contributed by atoms with Gasteiger partial charge in [0.05, 0.1) is 11.1 Å². The van der Waals surface area contributed by atoms with Crippen molar-refractivity contribution < 1.29 is 42.5 Å². The fourth-order valence-electron chi connectivity index (χ4n) is 3.89. The molecule has 0 aliphatic heterocycles. The number of carbonyl (C=O) groups is 3. The molecule has 38 heavy (non-hydrogen) atoms. The third kappa shape index (κ3) is 8.05. The minimum atomic E-state index is -3.93. The van der Waals surface area contributed by atoms with E-state index in [0.29, 0.717) is 29.5 Å². The highest BCUT2D eigenvalue weighted by Crippen LogP contribution is 2.31. The van der Waals surface area contributed by atoms with Gasteiger partial charge in [-0.05, 0) is 73.2 Å². The molecular weight excluding hydrogens is 518 g/mol. The van der Waals surface area contributed by atoms with Gasteiger partial charge in [-0.15, -0.1) is 0 Å². The number of hydrogen-bond acceptors (Lipinski definition) is 8. The van der Waals surface area contributed by atoms with Gasteiger partial charge in [-0.3, -0.25) is 0 Å². The van der Waals surface area contributed by atoms with Gasteiger partial charge in [-0.1, -0.05) is 45.2 Å². The monoisotopic (exact) mass is 550 g/mol. The maximum absolute atomic E-state index is 13.2. The van der Waals surface area contributed by atoms with E-state index in [1.807, 2.05) is 0 Å². The van der Waals surface area contributed by atoms with Crippen molar-refractivity contribution in [3.63, 3.8) is 0 Å². The van der Waals surface area contributed by atoms with Gasteiger partial charge in [0.1, 0.15) is 24.6 Å². The van der Waals surface area contributed by atoms with Crippen LogP contribution >= 0.6 is 12.6 Å². The van der Waals surface area contributed by atoms with Gasteiger partial charge in [0.2, 0.25) is 0 Å². The van der Waals surface area contributed by atoms with Crippen molar-refractivity contribution in [3.05, 3.63) is 76.4 Å². The number of ether oxygens (including phenoxy) is 3. The Labute approximate surface area is 226 Å². The molecule has 2 aromatic carbocycles. The third-order valence-electron chi connectivity index (χ3n) is 6.11. The first-order valence-corrected chi connectivity index (χ1v) is 12.4. The molecule has 10 heteroatoms. The Bertz CT molecular complexity index is 1180. The highest BCUT2D eigenvalue weighted by molar-refractivity contribution is 7.82. The summed E-state index contributed by atoms with van der Waals surface area (Å²) >= 11 is 2.88. The number of alkyl halides is 2. The van der Waals surface area contributed by atoms with E-state index in [1.54, 1.807) is 52.0 Å².